The summed E-state index contributed by atoms with van der Waals surface area (Å²) in [6, 6.07) is 16.0. The molecule has 0 fully saturated rings. The predicted molar refractivity (Wildman–Crippen MR) is 105 cm³/mol. The molecule has 0 radical (unpaired) electrons. The number of aromatic nitrogens is 5. The number of anilines is 1. The van der Waals surface area contributed by atoms with Crippen LogP contribution in [0.5, 0.6) is 0 Å². The molecular weight excluding hydrogens is 352 g/mol. The summed E-state index contributed by atoms with van der Waals surface area (Å²) in [5.74, 6) is 0.761. The lowest BCUT2D eigenvalue weighted by Gasteiger charge is -2.08. The first kappa shape index (κ1) is 16.2. The van der Waals surface area contributed by atoms with E-state index in [9.17, 15) is 0 Å². The van der Waals surface area contributed by atoms with Crippen LogP contribution in [0.1, 0.15) is 5.56 Å². The lowest BCUT2D eigenvalue weighted by molar-refractivity contribution is 0.558. The number of hydrogen-bond acceptors (Lipinski definition) is 6. The van der Waals surface area contributed by atoms with E-state index in [-0.39, 0.29) is 0 Å². The maximum Gasteiger partial charge on any atom is 0.181 e. The van der Waals surface area contributed by atoms with E-state index in [1.807, 2.05) is 53.2 Å². The summed E-state index contributed by atoms with van der Waals surface area (Å²) in [5.41, 5.74) is 5.62. The van der Waals surface area contributed by atoms with Crippen LogP contribution in [0.4, 0.5) is 5.82 Å². The van der Waals surface area contributed by atoms with Gasteiger partial charge in [-0.2, -0.15) is 0 Å². The average molecular weight is 368 g/mol. The van der Waals surface area contributed by atoms with E-state index in [1.54, 1.807) is 12.6 Å². The maximum absolute atomic E-state index is 5.03. The highest BCUT2D eigenvalue weighted by Gasteiger charge is 2.08. The highest BCUT2D eigenvalue weighted by molar-refractivity contribution is 5.62. The number of fused-ring (bicyclic) bond motifs is 1. The van der Waals surface area contributed by atoms with Gasteiger partial charge in [-0.15, -0.1) is 0 Å². The van der Waals surface area contributed by atoms with Crippen molar-refractivity contribution in [2.45, 2.75) is 6.54 Å². The predicted octanol–water partition coefficient (Wildman–Crippen LogP) is 4.06. The largest absolute Gasteiger partial charge is 0.451 e. The van der Waals surface area contributed by atoms with Crippen LogP contribution in [0, 0.1) is 0 Å². The van der Waals surface area contributed by atoms with E-state index >= 15 is 0 Å². The Labute approximate surface area is 160 Å². The summed E-state index contributed by atoms with van der Waals surface area (Å²) < 4.78 is 7.04. The van der Waals surface area contributed by atoms with Crippen molar-refractivity contribution >= 4 is 11.5 Å². The highest BCUT2D eigenvalue weighted by Crippen LogP contribution is 2.21. The Bertz CT molecular complexity index is 1210. The standard InChI is InChI=1S/C21H16N6O/c1-2-8-27-19(11-23-21(27)3-1)17-9-20(25-13-24-17)22-10-15-4-6-16(7-5-15)18-12-28-14-26-18/h1-9,11-14H,10H2,(H,22,24,25). The third-order valence-electron chi connectivity index (χ3n) is 4.50. The minimum atomic E-state index is 0.655. The molecule has 136 valence electrons. The molecule has 28 heavy (non-hydrogen) atoms. The van der Waals surface area contributed by atoms with E-state index < -0.39 is 0 Å². The monoisotopic (exact) mass is 368 g/mol. The van der Waals surface area contributed by atoms with Gasteiger partial charge in [-0.05, 0) is 17.7 Å². The summed E-state index contributed by atoms with van der Waals surface area (Å²) >= 11 is 0. The molecule has 5 aromatic rings. The van der Waals surface area contributed by atoms with Gasteiger partial charge < -0.3 is 9.73 Å². The van der Waals surface area contributed by atoms with Crippen molar-refractivity contribution in [2.24, 2.45) is 0 Å². The maximum atomic E-state index is 5.03. The Balaban J connectivity index is 1.33. The molecule has 4 aromatic heterocycles. The van der Waals surface area contributed by atoms with Gasteiger partial charge in [0.1, 0.15) is 29.7 Å². The van der Waals surface area contributed by atoms with E-state index in [0.717, 1.165) is 39.7 Å². The molecule has 0 aliphatic heterocycles. The number of benzene rings is 1. The van der Waals surface area contributed by atoms with Crippen molar-refractivity contribution in [1.82, 2.24) is 24.3 Å². The van der Waals surface area contributed by atoms with Crippen LogP contribution in [0.25, 0.3) is 28.3 Å². The molecule has 0 saturated carbocycles. The Morgan fingerprint density at radius 1 is 0.929 bits per heavy atom. The van der Waals surface area contributed by atoms with Crippen molar-refractivity contribution in [3.8, 4) is 22.6 Å². The lowest BCUT2D eigenvalue weighted by Crippen LogP contribution is -2.02. The van der Waals surface area contributed by atoms with Gasteiger partial charge in [-0.3, -0.25) is 4.40 Å². The molecule has 1 aromatic carbocycles. The molecule has 7 heteroatoms. The Kier molecular flexibility index (Phi) is 4.02. The quantitative estimate of drug-likeness (QED) is 0.504. The van der Waals surface area contributed by atoms with Crippen molar-refractivity contribution in [2.75, 3.05) is 5.32 Å². The fourth-order valence-corrected chi connectivity index (χ4v) is 3.06. The molecule has 0 atom stereocenters. The molecule has 0 amide bonds. The normalized spacial score (nSPS) is 11.0. The van der Waals surface area contributed by atoms with E-state index in [2.05, 4.69) is 37.4 Å². The number of nitrogens with one attached hydrogen (secondary N) is 1. The van der Waals surface area contributed by atoms with Crippen LogP contribution >= 0.6 is 0 Å². The van der Waals surface area contributed by atoms with Crippen LogP contribution in [0.3, 0.4) is 0 Å². The SMILES string of the molecule is c1ccn2c(-c3cc(NCc4ccc(-c5cocn5)cc4)ncn3)cnc2c1. The first-order chi connectivity index (χ1) is 13.9. The van der Waals surface area contributed by atoms with Gasteiger partial charge >= 0.3 is 0 Å². The van der Waals surface area contributed by atoms with Crippen LogP contribution in [0.2, 0.25) is 0 Å². The molecule has 5 rings (SSSR count). The van der Waals surface area contributed by atoms with Crippen molar-refractivity contribution in [1.29, 1.82) is 0 Å². The second-order valence-electron chi connectivity index (χ2n) is 6.28. The van der Waals surface area contributed by atoms with Crippen molar-refractivity contribution in [3.05, 3.63) is 85.5 Å². The van der Waals surface area contributed by atoms with E-state index in [1.165, 1.54) is 6.39 Å². The minimum Gasteiger partial charge on any atom is -0.451 e. The van der Waals surface area contributed by atoms with Crippen molar-refractivity contribution in [3.63, 3.8) is 0 Å². The molecule has 0 aliphatic rings. The molecule has 0 saturated heterocycles. The third-order valence-corrected chi connectivity index (χ3v) is 4.50. The van der Waals surface area contributed by atoms with Crippen LogP contribution in [-0.2, 0) is 6.54 Å². The fourth-order valence-electron chi connectivity index (χ4n) is 3.06. The molecular formula is C21H16N6O. The zero-order chi connectivity index (χ0) is 18.8. The second kappa shape index (κ2) is 6.96. The van der Waals surface area contributed by atoms with Gasteiger partial charge in [0.15, 0.2) is 6.39 Å². The third kappa shape index (κ3) is 3.09. The number of nitrogens with zero attached hydrogens (tertiary/aromatic N) is 5. The highest BCUT2D eigenvalue weighted by atomic mass is 16.3. The number of pyridine rings is 1. The van der Waals surface area contributed by atoms with Gasteiger partial charge in [0.25, 0.3) is 0 Å². The molecule has 4 heterocycles. The smallest absolute Gasteiger partial charge is 0.181 e. The van der Waals surface area contributed by atoms with Crippen LogP contribution in [-0.4, -0.2) is 24.3 Å². The van der Waals surface area contributed by atoms with Crippen molar-refractivity contribution < 1.29 is 4.42 Å². The van der Waals surface area contributed by atoms with Gasteiger partial charge in [-0.1, -0.05) is 30.3 Å². The minimum absolute atomic E-state index is 0.655. The first-order valence-electron chi connectivity index (χ1n) is 8.83. The van der Waals surface area contributed by atoms with Crippen LogP contribution in [0.15, 0.2) is 84.3 Å². The van der Waals surface area contributed by atoms with Gasteiger partial charge in [0, 0.05) is 24.4 Å². The number of hydrogen-bond donors (Lipinski definition) is 1. The van der Waals surface area contributed by atoms with Crippen LogP contribution < -0.4 is 5.32 Å². The Morgan fingerprint density at radius 3 is 2.71 bits per heavy atom. The second-order valence-corrected chi connectivity index (χ2v) is 6.28. The number of imidazole rings is 1. The Morgan fingerprint density at radius 2 is 1.86 bits per heavy atom. The summed E-state index contributed by atoms with van der Waals surface area (Å²) in [6.07, 6.45) is 8.43. The topological polar surface area (TPSA) is 81.1 Å². The lowest BCUT2D eigenvalue weighted by atomic mass is 10.1. The summed E-state index contributed by atoms with van der Waals surface area (Å²) in [7, 11) is 0. The van der Waals surface area contributed by atoms with E-state index in [0.29, 0.717) is 6.54 Å². The summed E-state index contributed by atoms with van der Waals surface area (Å²) in [6.45, 7) is 0.655. The Hall–Kier alpha value is -4.00. The zero-order valence-corrected chi connectivity index (χ0v) is 14.9. The van der Waals surface area contributed by atoms with Gasteiger partial charge in [0.2, 0.25) is 0 Å². The number of oxazole rings is 1. The fraction of sp³-hybridized carbons (Fsp3) is 0.0476. The van der Waals surface area contributed by atoms with Gasteiger partial charge in [0.05, 0.1) is 17.6 Å². The van der Waals surface area contributed by atoms with E-state index in [4.69, 9.17) is 4.42 Å². The number of rotatable bonds is 5. The first-order valence-corrected chi connectivity index (χ1v) is 8.83. The molecule has 1 N–H and O–H groups in total. The molecule has 0 bridgehead atoms. The zero-order valence-electron chi connectivity index (χ0n) is 14.9. The summed E-state index contributed by atoms with van der Waals surface area (Å²) in [5, 5.41) is 3.35. The molecule has 7 nitrogen and oxygen atoms in total. The molecule has 0 unspecified atom stereocenters. The van der Waals surface area contributed by atoms with Gasteiger partial charge in [-0.25, -0.2) is 19.9 Å². The average Bonchev–Trinajstić information content (AvgIpc) is 3.43. The molecule has 0 spiro atoms. The molecule has 0 aliphatic carbocycles. The summed E-state index contributed by atoms with van der Waals surface area (Å²) in [4.78, 5) is 17.3.